The molecule has 1 saturated carbocycles. The van der Waals surface area contributed by atoms with E-state index in [1.54, 1.807) is 25.3 Å². The summed E-state index contributed by atoms with van der Waals surface area (Å²) in [5.41, 5.74) is 0.589. The van der Waals surface area contributed by atoms with Crippen LogP contribution in [0.3, 0.4) is 0 Å². The van der Waals surface area contributed by atoms with E-state index in [-0.39, 0.29) is 5.91 Å². The number of carbonyl (C=O) groups is 1. The fraction of sp³-hybridized carbons (Fsp3) is 0.588. The predicted octanol–water partition coefficient (Wildman–Crippen LogP) is 4.53. The van der Waals surface area contributed by atoms with Gasteiger partial charge < -0.3 is 9.64 Å². The van der Waals surface area contributed by atoms with Crippen LogP contribution in [-0.4, -0.2) is 31.0 Å². The molecule has 1 aromatic carbocycles. The molecule has 4 heteroatoms. The molecule has 0 unspecified atom stereocenters. The smallest absolute Gasteiger partial charge is 0.257 e. The molecule has 0 aliphatic heterocycles. The van der Waals surface area contributed by atoms with Gasteiger partial charge in [0.25, 0.3) is 5.91 Å². The van der Waals surface area contributed by atoms with E-state index in [0.29, 0.717) is 22.4 Å². The van der Waals surface area contributed by atoms with Gasteiger partial charge in [0.1, 0.15) is 5.75 Å². The van der Waals surface area contributed by atoms with Gasteiger partial charge in [-0.2, -0.15) is 0 Å². The fourth-order valence-electron chi connectivity index (χ4n) is 3.02. The molecule has 1 aliphatic rings. The molecular weight excluding hydrogens is 286 g/mol. The van der Waals surface area contributed by atoms with Crippen molar-refractivity contribution in [3.8, 4) is 5.75 Å². The lowest BCUT2D eigenvalue weighted by molar-refractivity contribution is 0.0703. The molecule has 0 atom stereocenters. The molecule has 2 rings (SSSR count). The summed E-state index contributed by atoms with van der Waals surface area (Å²) in [5, 5.41) is 0.581. The lowest BCUT2D eigenvalue weighted by Gasteiger charge is -2.30. The van der Waals surface area contributed by atoms with Crippen LogP contribution in [0.15, 0.2) is 18.2 Å². The maximum Gasteiger partial charge on any atom is 0.257 e. The van der Waals surface area contributed by atoms with Gasteiger partial charge in [-0.1, -0.05) is 43.7 Å². The van der Waals surface area contributed by atoms with Gasteiger partial charge in [0.2, 0.25) is 0 Å². The molecule has 1 aliphatic carbocycles. The molecule has 1 aromatic rings. The highest BCUT2D eigenvalue weighted by Crippen LogP contribution is 2.27. The molecule has 0 heterocycles. The average Bonchev–Trinajstić information content (AvgIpc) is 2.45. The Bertz CT molecular complexity index is 482. The van der Waals surface area contributed by atoms with E-state index >= 15 is 0 Å². The van der Waals surface area contributed by atoms with Crippen LogP contribution in [0.5, 0.6) is 5.75 Å². The Morgan fingerprint density at radius 2 is 1.81 bits per heavy atom. The second-order valence-electron chi connectivity index (χ2n) is 5.76. The highest BCUT2D eigenvalue weighted by Gasteiger charge is 2.23. The lowest BCUT2D eigenvalue weighted by atomic mass is 9.95. The molecule has 0 N–H and O–H groups in total. The number of halogens is 1. The van der Waals surface area contributed by atoms with Crippen molar-refractivity contribution in [1.29, 1.82) is 0 Å². The first-order valence-corrected chi connectivity index (χ1v) is 8.12. The van der Waals surface area contributed by atoms with E-state index in [1.165, 1.54) is 32.1 Å². The van der Waals surface area contributed by atoms with E-state index in [2.05, 4.69) is 0 Å². The molecule has 116 valence electrons. The van der Waals surface area contributed by atoms with Crippen molar-refractivity contribution in [3.63, 3.8) is 0 Å². The van der Waals surface area contributed by atoms with Crippen LogP contribution in [0.25, 0.3) is 0 Å². The van der Waals surface area contributed by atoms with E-state index < -0.39 is 0 Å². The maximum absolute atomic E-state index is 12.7. The molecule has 0 saturated heterocycles. The minimum Gasteiger partial charge on any atom is -0.496 e. The van der Waals surface area contributed by atoms with Crippen molar-refractivity contribution >= 4 is 17.5 Å². The van der Waals surface area contributed by atoms with Crippen LogP contribution in [0.4, 0.5) is 0 Å². The molecular formula is C17H24ClNO2. The van der Waals surface area contributed by atoms with E-state index in [0.717, 1.165) is 12.8 Å². The Kier molecular flexibility index (Phi) is 5.92. The zero-order valence-corrected chi connectivity index (χ0v) is 13.7. The average molecular weight is 310 g/mol. The van der Waals surface area contributed by atoms with Gasteiger partial charge >= 0.3 is 0 Å². The predicted molar refractivity (Wildman–Crippen MR) is 86.2 cm³/mol. The van der Waals surface area contributed by atoms with Crippen LogP contribution >= 0.6 is 11.6 Å². The summed E-state index contributed by atoms with van der Waals surface area (Å²) in [6.45, 7) is 0. The van der Waals surface area contributed by atoms with Crippen molar-refractivity contribution in [3.05, 3.63) is 28.8 Å². The molecule has 0 aromatic heterocycles. The number of methoxy groups -OCH3 is 1. The monoisotopic (exact) mass is 309 g/mol. The largest absolute Gasteiger partial charge is 0.496 e. The summed E-state index contributed by atoms with van der Waals surface area (Å²) in [7, 11) is 3.47. The number of amides is 1. The van der Waals surface area contributed by atoms with Crippen LogP contribution in [0.2, 0.25) is 5.02 Å². The standard InChI is InChI=1S/C17H24ClNO2/c1-19(14-8-6-4-3-5-7-9-14)17(20)15-11-10-13(18)12-16(15)21-2/h10-12,14H,3-9H2,1-2H3. The maximum atomic E-state index is 12.7. The van der Waals surface area contributed by atoms with Crippen LogP contribution in [0, 0.1) is 0 Å². The zero-order valence-electron chi connectivity index (χ0n) is 12.9. The molecule has 0 spiro atoms. The highest BCUT2D eigenvalue weighted by molar-refractivity contribution is 6.30. The molecule has 21 heavy (non-hydrogen) atoms. The summed E-state index contributed by atoms with van der Waals surface area (Å²) in [4.78, 5) is 14.6. The molecule has 1 amide bonds. The first-order valence-electron chi connectivity index (χ1n) is 7.74. The number of nitrogens with zero attached hydrogens (tertiary/aromatic N) is 1. The number of benzene rings is 1. The van der Waals surface area contributed by atoms with Crippen molar-refractivity contribution in [2.24, 2.45) is 0 Å². The van der Waals surface area contributed by atoms with Crippen molar-refractivity contribution in [2.45, 2.75) is 51.0 Å². The summed E-state index contributed by atoms with van der Waals surface area (Å²) in [6.07, 6.45) is 8.50. The summed E-state index contributed by atoms with van der Waals surface area (Å²) < 4.78 is 5.30. The van der Waals surface area contributed by atoms with Gasteiger partial charge in [-0.25, -0.2) is 0 Å². The summed E-state index contributed by atoms with van der Waals surface area (Å²) in [6, 6.07) is 5.52. The topological polar surface area (TPSA) is 29.5 Å². The number of rotatable bonds is 3. The summed E-state index contributed by atoms with van der Waals surface area (Å²) in [5.74, 6) is 0.569. The van der Waals surface area contributed by atoms with Gasteiger partial charge in [0.15, 0.2) is 0 Å². The van der Waals surface area contributed by atoms with E-state index in [9.17, 15) is 4.79 Å². The van der Waals surface area contributed by atoms with Gasteiger partial charge in [-0.05, 0) is 31.0 Å². The van der Waals surface area contributed by atoms with Gasteiger partial charge in [-0.15, -0.1) is 0 Å². The SMILES string of the molecule is COc1cc(Cl)ccc1C(=O)N(C)C1CCCCCCC1. The first-order chi connectivity index (χ1) is 10.1. The number of hydrogen-bond donors (Lipinski definition) is 0. The van der Waals surface area contributed by atoms with Crippen LogP contribution in [0.1, 0.15) is 55.3 Å². The van der Waals surface area contributed by atoms with E-state index in [1.807, 2.05) is 11.9 Å². The van der Waals surface area contributed by atoms with Crippen LogP contribution < -0.4 is 4.74 Å². The Balaban J connectivity index is 2.14. The van der Waals surface area contributed by atoms with Crippen LogP contribution in [-0.2, 0) is 0 Å². The Hall–Kier alpha value is -1.22. The number of hydrogen-bond acceptors (Lipinski definition) is 2. The Morgan fingerprint density at radius 3 is 2.43 bits per heavy atom. The number of ether oxygens (including phenoxy) is 1. The third-order valence-electron chi connectivity index (χ3n) is 4.34. The molecule has 3 nitrogen and oxygen atoms in total. The Morgan fingerprint density at radius 1 is 1.19 bits per heavy atom. The van der Waals surface area contributed by atoms with Gasteiger partial charge in [-0.3, -0.25) is 4.79 Å². The third kappa shape index (κ3) is 4.13. The number of carbonyl (C=O) groups excluding carboxylic acids is 1. The minimum absolute atomic E-state index is 0.0223. The van der Waals surface area contributed by atoms with Crippen molar-refractivity contribution in [1.82, 2.24) is 4.90 Å². The molecule has 0 bridgehead atoms. The lowest BCUT2D eigenvalue weighted by Crippen LogP contribution is -2.37. The normalized spacial score (nSPS) is 16.9. The van der Waals surface area contributed by atoms with Crippen molar-refractivity contribution in [2.75, 3.05) is 14.2 Å². The Labute approximate surface area is 132 Å². The quantitative estimate of drug-likeness (QED) is 0.820. The minimum atomic E-state index is 0.0223. The first kappa shape index (κ1) is 16.2. The second kappa shape index (κ2) is 7.69. The summed E-state index contributed by atoms with van der Waals surface area (Å²) >= 11 is 5.96. The molecule has 0 radical (unpaired) electrons. The van der Waals surface area contributed by atoms with Crippen molar-refractivity contribution < 1.29 is 9.53 Å². The fourth-order valence-corrected chi connectivity index (χ4v) is 3.18. The van der Waals surface area contributed by atoms with E-state index in [4.69, 9.17) is 16.3 Å². The highest BCUT2D eigenvalue weighted by atomic mass is 35.5. The van der Waals surface area contributed by atoms with Gasteiger partial charge in [0.05, 0.1) is 12.7 Å². The molecule has 1 fully saturated rings. The second-order valence-corrected chi connectivity index (χ2v) is 6.20. The van der Waals surface area contributed by atoms with Gasteiger partial charge in [0, 0.05) is 18.1 Å². The zero-order chi connectivity index (χ0) is 15.2. The third-order valence-corrected chi connectivity index (χ3v) is 4.57.